The van der Waals surface area contributed by atoms with Crippen molar-refractivity contribution in [3.8, 4) is 22.9 Å². The van der Waals surface area contributed by atoms with E-state index in [1.807, 2.05) is 0 Å². The Kier molecular flexibility index (Phi) is 5.80. The van der Waals surface area contributed by atoms with Crippen LogP contribution in [0.2, 0.25) is 0 Å². The van der Waals surface area contributed by atoms with E-state index in [9.17, 15) is 14.4 Å². The van der Waals surface area contributed by atoms with Crippen LogP contribution in [0.4, 0.5) is 0 Å². The van der Waals surface area contributed by atoms with Crippen molar-refractivity contribution in [2.75, 3.05) is 14.2 Å². The van der Waals surface area contributed by atoms with Crippen LogP contribution < -0.4 is 20.7 Å². The van der Waals surface area contributed by atoms with E-state index in [2.05, 4.69) is 9.97 Å². The molecule has 9 nitrogen and oxygen atoms in total. The Hall–Kier alpha value is -4.27. The largest absolute Gasteiger partial charge is 0.493 e. The Balaban J connectivity index is 1.69. The first-order valence-corrected chi connectivity index (χ1v) is 9.77. The Morgan fingerprint density at radius 2 is 1.81 bits per heavy atom. The maximum Gasteiger partial charge on any atom is 0.352 e. The monoisotopic (exact) mass is 432 g/mol. The van der Waals surface area contributed by atoms with Crippen LogP contribution in [0.1, 0.15) is 16.1 Å². The minimum absolute atomic E-state index is 0.0148. The van der Waals surface area contributed by atoms with Crippen molar-refractivity contribution in [3.05, 3.63) is 93.0 Å². The minimum Gasteiger partial charge on any atom is -0.493 e. The standard InChI is InChI=1S/C23H20N4O5/c1-31-19-9-8-15(12-20(19)32-2)18(28)14-26-11-5-7-17-21(26)25-23(30)27(22(17)29)13-16-6-3-4-10-24-16/h3-12H,13-14H2,1-2H3. The van der Waals surface area contributed by atoms with E-state index in [4.69, 9.17) is 9.47 Å². The van der Waals surface area contributed by atoms with Crippen LogP contribution in [-0.2, 0) is 13.1 Å². The van der Waals surface area contributed by atoms with Crippen molar-refractivity contribution in [1.82, 2.24) is 19.1 Å². The zero-order valence-electron chi connectivity index (χ0n) is 17.5. The maximum absolute atomic E-state index is 13.0. The summed E-state index contributed by atoms with van der Waals surface area (Å²) in [5, 5.41) is 0. The highest BCUT2D eigenvalue weighted by atomic mass is 16.5. The molecule has 32 heavy (non-hydrogen) atoms. The molecular formula is C23H20N4O5. The quantitative estimate of drug-likeness (QED) is 0.411. The summed E-state index contributed by atoms with van der Waals surface area (Å²) in [5.41, 5.74) is 0.0201. The molecule has 162 valence electrons. The number of benzene rings is 1. The number of rotatable bonds is 7. The SMILES string of the molecule is COc1ccc(C(=O)Cn2cccc3c(=O)n(Cc4ccccn4)c(=O)nc2-3)cc1OC. The third-order valence-corrected chi connectivity index (χ3v) is 5.02. The number of fused-ring (bicyclic) bond motifs is 1. The number of hydrogen-bond donors (Lipinski definition) is 0. The fraction of sp³-hybridized carbons (Fsp3) is 0.174. The highest BCUT2D eigenvalue weighted by molar-refractivity contribution is 5.96. The highest BCUT2D eigenvalue weighted by Gasteiger charge is 2.19. The molecule has 3 heterocycles. The van der Waals surface area contributed by atoms with Gasteiger partial charge < -0.3 is 14.0 Å². The van der Waals surface area contributed by atoms with Gasteiger partial charge in [-0.1, -0.05) is 6.07 Å². The maximum atomic E-state index is 13.0. The normalized spacial score (nSPS) is 10.8. The predicted molar refractivity (Wildman–Crippen MR) is 117 cm³/mol. The fourth-order valence-electron chi connectivity index (χ4n) is 3.39. The van der Waals surface area contributed by atoms with Crippen molar-refractivity contribution < 1.29 is 14.3 Å². The van der Waals surface area contributed by atoms with E-state index in [0.29, 0.717) is 22.8 Å². The van der Waals surface area contributed by atoms with Crippen LogP contribution in [-0.4, -0.2) is 39.1 Å². The van der Waals surface area contributed by atoms with Crippen LogP contribution in [0.25, 0.3) is 11.4 Å². The van der Waals surface area contributed by atoms with Crippen LogP contribution in [0, 0.1) is 0 Å². The van der Waals surface area contributed by atoms with Crippen molar-refractivity contribution in [3.63, 3.8) is 0 Å². The molecule has 2 aliphatic heterocycles. The first-order valence-electron chi connectivity index (χ1n) is 9.77. The molecule has 0 N–H and O–H groups in total. The summed E-state index contributed by atoms with van der Waals surface area (Å²) in [6.45, 7) is -0.0934. The molecule has 2 aromatic rings. The third-order valence-electron chi connectivity index (χ3n) is 5.02. The minimum atomic E-state index is -0.702. The van der Waals surface area contributed by atoms with Crippen LogP contribution in [0.5, 0.6) is 11.5 Å². The zero-order chi connectivity index (χ0) is 22.7. The number of ether oxygens (including phenoxy) is 2. The molecule has 0 fully saturated rings. The van der Waals surface area contributed by atoms with Gasteiger partial charge in [0.1, 0.15) is 0 Å². The Morgan fingerprint density at radius 1 is 1.00 bits per heavy atom. The van der Waals surface area contributed by atoms with E-state index in [0.717, 1.165) is 4.57 Å². The summed E-state index contributed by atoms with van der Waals surface area (Å²) in [5.74, 6) is 0.843. The summed E-state index contributed by atoms with van der Waals surface area (Å²) in [4.78, 5) is 46.7. The molecule has 0 bridgehead atoms. The van der Waals surface area contributed by atoms with Gasteiger partial charge in [0.25, 0.3) is 5.56 Å². The molecule has 2 aliphatic rings. The molecule has 1 aromatic carbocycles. The van der Waals surface area contributed by atoms with Gasteiger partial charge in [-0.3, -0.25) is 19.1 Å². The molecule has 0 saturated heterocycles. The smallest absolute Gasteiger partial charge is 0.352 e. The second-order valence-electron chi connectivity index (χ2n) is 6.97. The Labute approximate surface area is 182 Å². The molecule has 9 heteroatoms. The second kappa shape index (κ2) is 8.84. The molecule has 4 rings (SSSR count). The molecule has 0 radical (unpaired) electrons. The van der Waals surface area contributed by atoms with Crippen molar-refractivity contribution in [2.45, 2.75) is 13.1 Å². The molecule has 0 atom stereocenters. The van der Waals surface area contributed by atoms with Gasteiger partial charge in [0.15, 0.2) is 23.1 Å². The number of Topliss-reactive ketones (excluding diaryl/α,β-unsaturated/α-hetero) is 1. The number of carbonyl (C=O) groups is 1. The highest BCUT2D eigenvalue weighted by Crippen LogP contribution is 2.28. The van der Waals surface area contributed by atoms with Crippen LogP contribution in [0.15, 0.2) is 70.5 Å². The number of carbonyl (C=O) groups excluding carboxylic acids is 1. The lowest BCUT2D eigenvalue weighted by atomic mass is 10.1. The number of hydrogen-bond acceptors (Lipinski definition) is 7. The number of aromatic nitrogens is 4. The fourth-order valence-corrected chi connectivity index (χ4v) is 3.39. The average Bonchev–Trinajstić information content (AvgIpc) is 2.82. The van der Waals surface area contributed by atoms with Crippen molar-refractivity contribution >= 4 is 5.78 Å². The van der Waals surface area contributed by atoms with Gasteiger partial charge in [-0.05, 0) is 42.5 Å². The first-order chi connectivity index (χ1) is 15.5. The number of nitrogens with zero attached hydrogens (tertiary/aromatic N) is 4. The lowest BCUT2D eigenvalue weighted by Crippen LogP contribution is -2.38. The Morgan fingerprint density at radius 3 is 2.53 bits per heavy atom. The Bertz CT molecular complexity index is 1360. The molecular weight excluding hydrogens is 412 g/mol. The summed E-state index contributed by atoms with van der Waals surface area (Å²) in [6, 6.07) is 13.3. The van der Waals surface area contributed by atoms with Crippen molar-refractivity contribution in [1.29, 1.82) is 0 Å². The first kappa shape index (κ1) is 21.0. The molecule has 0 spiro atoms. The van der Waals surface area contributed by atoms with Crippen LogP contribution in [0.3, 0.4) is 0 Å². The van der Waals surface area contributed by atoms with Gasteiger partial charge >= 0.3 is 5.69 Å². The van der Waals surface area contributed by atoms with Gasteiger partial charge in [-0.25, -0.2) is 4.79 Å². The van der Waals surface area contributed by atoms with Gasteiger partial charge in [0.2, 0.25) is 0 Å². The van der Waals surface area contributed by atoms with E-state index < -0.39 is 11.2 Å². The number of ketones is 1. The van der Waals surface area contributed by atoms with E-state index in [1.165, 1.54) is 18.8 Å². The van der Waals surface area contributed by atoms with Gasteiger partial charge in [-0.15, -0.1) is 0 Å². The summed E-state index contributed by atoms with van der Waals surface area (Å²) >= 11 is 0. The predicted octanol–water partition coefficient (Wildman–Crippen LogP) is 1.85. The summed E-state index contributed by atoms with van der Waals surface area (Å²) in [7, 11) is 3.00. The zero-order valence-corrected chi connectivity index (χ0v) is 17.5. The van der Waals surface area contributed by atoms with E-state index in [-0.39, 0.29) is 30.3 Å². The van der Waals surface area contributed by atoms with E-state index in [1.54, 1.807) is 60.9 Å². The third kappa shape index (κ3) is 4.00. The van der Waals surface area contributed by atoms with Crippen LogP contribution >= 0.6 is 0 Å². The molecule has 0 amide bonds. The van der Waals surface area contributed by atoms with Gasteiger partial charge in [0.05, 0.1) is 38.6 Å². The lowest BCUT2D eigenvalue weighted by molar-refractivity contribution is 0.0971. The molecule has 1 aromatic heterocycles. The molecule has 0 saturated carbocycles. The number of pyridine rings is 2. The molecule has 0 aliphatic carbocycles. The summed E-state index contributed by atoms with van der Waals surface area (Å²) < 4.78 is 13.0. The van der Waals surface area contributed by atoms with Gasteiger partial charge in [0, 0.05) is 18.0 Å². The summed E-state index contributed by atoms with van der Waals surface area (Å²) in [6.07, 6.45) is 3.20. The lowest BCUT2D eigenvalue weighted by Gasteiger charge is -2.15. The average molecular weight is 432 g/mol. The van der Waals surface area contributed by atoms with Crippen molar-refractivity contribution in [2.24, 2.45) is 0 Å². The molecule has 0 unspecified atom stereocenters. The second-order valence-corrected chi connectivity index (χ2v) is 6.97. The number of methoxy groups -OCH3 is 2. The topological polar surface area (TPSA) is 105 Å². The van der Waals surface area contributed by atoms with Gasteiger partial charge in [-0.2, -0.15) is 4.98 Å². The van der Waals surface area contributed by atoms with E-state index >= 15 is 0 Å².